The van der Waals surface area contributed by atoms with Gasteiger partial charge in [0.1, 0.15) is 5.65 Å². The van der Waals surface area contributed by atoms with Gasteiger partial charge < -0.3 is 0 Å². The summed E-state index contributed by atoms with van der Waals surface area (Å²) in [6, 6.07) is 15.1. The van der Waals surface area contributed by atoms with E-state index in [-0.39, 0.29) is 0 Å². The summed E-state index contributed by atoms with van der Waals surface area (Å²) in [5, 5.41) is 0. The fourth-order valence-electron chi connectivity index (χ4n) is 2.62. The molecule has 1 aromatic carbocycles. The molecule has 0 unspecified atom stereocenters. The summed E-state index contributed by atoms with van der Waals surface area (Å²) in [5.41, 5.74) is 1.49. The van der Waals surface area contributed by atoms with E-state index in [1.54, 1.807) is 16.7 Å². The summed E-state index contributed by atoms with van der Waals surface area (Å²) < 4.78 is 3.17. The molecule has 108 valence electrons. The van der Waals surface area contributed by atoms with E-state index in [4.69, 9.17) is 0 Å². The number of hydrogen-bond acceptors (Lipinski definition) is 3. The van der Waals surface area contributed by atoms with E-state index in [9.17, 15) is 9.59 Å². The van der Waals surface area contributed by atoms with Gasteiger partial charge in [0.25, 0.3) is 5.56 Å². The van der Waals surface area contributed by atoms with Gasteiger partial charge in [0.15, 0.2) is 11.2 Å². The first kappa shape index (κ1) is 12.6. The van der Waals surface area contributed by atoms with Crippen LogP contribution in [0.25, 0.3) is 16.8 Å². The molecule has 0 amide bonds. The van der Waals surface area contributed by atoms with E-state index in [0.29, 0.717) is 23.4 Å². The Balaban J connectivity index is 2.06. The molecule has 3 aromatic heterocycles. The highest BCUT2D eigenvalue weighted by molar-refractivity contribution is 5.76. The molecule has 0 bridgehead atoms. The van der Waals surface area contributed by atoms with Crippen molar-refractivity contribution >= 4 is 16.8 Å². The number of hydrogen-bond donors (Lipinski definition) is 1. The van der Waals surface area contributed by atoms with Gasteiger partial charge in [0.2, 0.25) is 0 Å². The number of nitrogens with one attached hydrogen (secondary N) is 1. The van der Waals surface area contributed by atoms with Crippen molar-refractivity contribution in [3.05, 3.63) is 81.1 Å². The lowest BCUT2D eigenvalue weighted by atomic mass is 10.2. The predicted octanol–water partition coefficient (Wildman–Crippen LogP) is 1.39. The van der Waals surface area contributed by atoms with Gasteiger partial charge in [-0.05, 0) is 17.7 Å². The molecule has 4 aromatic rings. The van der Waals surface area contributed by atoms with Crippen LogP contribution in [0.3, 0.4) is 0 Å². The molecule has 0 fully saturated rings. The Morgan fingerprint density at radius 1 is 1.00 bits per heavy atom. The number of H-pyrrole nitrogens is 1. The molecule has 0 aliphatic heterocycles. The van der Waals surface area contributed by atoms with Gasteiger partial charge in [-0.3, -0.25) is 18.7 Å². The summed E-state index contributed by atoms with van der Waals surface area (Å²) in [5.74, 6) is 0. The van der Waals surface area contributed by atoms with Crippen molar-refractivity contribution in [1.29, 1.82) is 0 Å². The van der Waals surface area contributed by atoms with Crippen molar-refractivity contribution in [3.63, 3.8) is 0 Å². The highest BCUT2D eigenvalue weighted by Gasteiger charge is 2.14. The van der Waals surface area contributed by atoms with Crippen LogP contribution in [0.1, 0.15) is 5.56 Å². The largest absolute Gasteiger partial charge is 0.330 e. The number of aromatic nitrogens is 4. The second-order valence-corrected chi connectivity index (χ2v) is 5.04. The maximum atomic E-state index is 12.2. The van der Waals surface area contributed by atoms with Crippen LogP contribution in [0.2, 0.25) is 0 Å². The minimum absolute atomic E-state index is 0.358. The van der Waals surface area contributed by atoms with Crippen LogP contribution < -0.4 is 11.2 Å². The molecule has 0 aliphatic carbocycles. The number of nitrogens with zero attached hydrogens (tertiary/aromatic N) is 3. The van der Waals surface area contributed by atoms with Crippen LogP contribution in [-0.4, -0.2) is 18.9 Å². The Hall–Kier alpha value is -3.15. The predicted molar refractivity (Wildman–Crippen MR) is 83.1 cm³/mol. The summed E-state index contributed by atoms with van der Waals surface area (Å²) >= 11 is 0. The lowest BCUT2D eigenvalue weighted by Crippen LogP contribution is -2.31. The van der Waals surface area contributed by atoms with E-state index in [1.807, 2.05) is 42.5 Å². The van der Waals surface area contributed by atoms with Crippen LogP contribution in [0, 0.1) is 0 Å². The smallest absolute Gasteiger partial charge is 0.294 e. The zero-order chi connectivity index (χ0) is 15.1. The number of pyridine rings is 1. The Labute approximate surface area is 124 Å². The molecular formula is C16H12N4O2. The first-order valence-electron chi connectivity index (χ1n) is 6.88. The highest BCUT2D eigenvalue weighted by atomic mass is 16.2. The minimum atomic E-state index is -0.454. The van der Waals surface area contributed by atoms with Crippen LogP contribution in [0.5, 0.6) is 0 Å². The van der Waals surface area contributed by atoms with Gasteiger partial charge in [-0.25, -0.2) is 9.78 Å². The van der Waals surface area contributed by atoms with E-state index in [0.717, 1.165) is 5.56 Å². The van der Waals surface area contributed by atoms with Gasteiger partial charge in [0, 0.05) is 6.20 Å². The molecule has 0 radical (unpaired) electrons. The summed E-state index contributed by atoms with van der Waals surface area (Å²) in [6.07, 6.45) is 1.76. The molecule has 0 spiro atoms. The maximum absolute atomic E-state index is 12.2. The normalized spacial score (nSPS) is 11.3. The third-order valence-electron chi connectivity index (χ3n) is 3.63. The molecule has 0 saturated heterocycles. The van der Waals surface area contributed by atoms with Crippen molar-refractivity contribution in [3.8, 4) is 0 Å². The van der Waals surface area contributed by atoms with E-state index in [2.05, 4.69) is 9.97 Å². The van der Waals surface area contributed by atoms with E-state index in [1.165, 1.54) is 4.57 Å². The monoisotopic (exact) mass is 292 g/mol. The second kappa shape index (κ2) is 4.70. The van der Waals surface area contributed by atoms with Crippen molar-refractivity contribution in [2.45, 2.75) is 6.54 Å². The molecular weight excluding hydrogens is 280 g/mol. The number of benzene rings is 1. The van der Waals surface area contributed by atoms with Crippen molar-refractivity contribution in [1.82, 2.24) is 18.9 Å². The summed E-state index contributed by atoms with van der Waals surface area (Å²) in [4.78, 5) is 31.2. The highest BCUT2D eigenvalue weighted by Crippen LogP contribution is 2.12. The quantitative estimate of drug-likeness (QED) is 0.607. The lowest BCUT2D eigenvalue weighted by molar-refractivity contribution is 0.748. The SMILES string of the molecule is O=c1[nH]c(=O)n(Cc2ccccc2)c2nc3ccccn3c12. The Morgan fingerprint density at radius 2 is 1.77 bits per heavy atom. The number of imidazole rings is 1. The standard InChI is InChI=1S/C16H12N4O2/c21-15-13-14(17-12-8-4-5-9-19(12)13)20(16(22)18-15)10-11-6-2-1-3-7-11/h1-9H,10H2,(H,18,21,22). The van der Waals surface area contributed by atoms with Crippen molar-refractivity contribution in [2.75, 3.05) is 0 Å². The zero-order valence-corrected chi connectivity index (χ0v) is 11.6. The molecule has 0 aliphatic rings. The minimum Gasteiger partial charge on any atom is -0.294 e. The Morgan fingerprint density at radius 3 is 2.59 bits per heavy atom. The molecule has 3 heterocycles. The Bertz CT molecular complexity index is 1090. The average Bonchev–Trinajstić information content (AvgIpc) is 2.92. The van der Waals surface area contributed by atoms with Crippen LogP contribution in [-0.2, 0) is 6.54 Å². The van der Waals surface area contributed by atoms with Crippen LogP contribution >= 0.6 is 0 Å². The fourth-order valence-corrected chi connectivity index (χ4v) is 2.62. The van der Waals surface area contributed by atoms with Gasteiger partial charge in [-0.2, -0.15) is 0 Å². The topological polar surface area (TPSA) is 72.2 Å². The maximum Gasteiger partial charge on any atom is 0.330 e. The lowest BCUT2D eigenvalue weighted by Gasteiger charge is -2.05. The molecule has 0 saturated carbocycles. The van der Waals surface area contributed by atoms with Crippen molar-refractivity contribution < 1.29 is 0 Å². The van der Waals surface area contributed by atoms with Gasteiger partial charge in [-0.1, -0.05) is 36.4 Å². The third kappa shape index (κ3) is 1.85. The first-order valence-corrected chi connectivity index (χ1v) is 6.88. The van der Waals surface area contributed by atoms with E-state index >= 15 is 0 Å². The first-order chi connectivity index (χ1) is 10.7. The van der Waals surface area contributed by atoms with Crippen LogP contribution in [0.4, 0.5) is 0 Å². The summed E-state index contributed by atoms with van der Waals surface area (Å²) in [7, 11) is 0. The number of fused-ring (bicyclic) bond motifs is 3. The molecule has 4 rings (SSSR count). The third-order valence-corrected chi connectivity index (χ3v) is 3.63. The van der Waals surface area contributed by atoms with Gasteiger partial charge in [0.05, 0.1) is 6.54 Å². The zero-order valence-electron chi connectivity index (χ0n) is 11.6. The number of rotatable bonds is 2. The van der Waals surface area contributed by atoms with Crippen molar-refractivity contribution in [2.24, 2.45) is 0 Å². The average molecular weight is 292 g/mol. The Kier molecular flexibility index (Phi) is 2.69. The fraction of sp³-hybridized carbons (Fsp3) is 0.0625. The van der Waals surface area contributed by atoms with Gasteiger partial charge in [-0.15, -0.1) is 0 Å². The molecule has 6 nitrogen and oxygen atoms in total. The van der Waals surface area contributed by atoms with Gasteiger partial charge >= 0.3 is 5.69 Å². The molecule has 1 N–H and O–H groups in total. The molecule has 22 heavy (non-hydrogen) atoms. The summed E-state index contributed by atoms with van der Waals surface area (Å²) in [6.45, 7) is 0.358. The van der Waals surface area contributed by atoms with Crippen LogP contribution in [0.15, 0.2) is 64.3 Å². The second-order valence-electron chi connectivity index (χ2n) is 5.04. The molecule has 6 heteroatoms. The number of aromatic amines is 1. The molecule has 0 atom stereocenters. The van der Waals surface area contributed by atoms with E-state index < -0.39 is 11.2 Å².